The molecule has 2 heteroatoms. The summed E-state index contributed by atoms with van der Waals surface area (Å²) in [5, 5.41) is 9.17. The van der Waals surface area contributed by atoms with Crippen LogP contribution in [0.5, 0.6) is 5.75 Å². The topological polar surface area (TPSA) is 33.0 Å². The zero-order valence-corrected chi connectivity index (χ0v) is 13.2. The van der Waals surface area contributed by atoms with Gasteiger partial charge in [0.1, 0.15) is 12.4 Å². The van der Waals surface area contributed by atoms with Crippen molar-refractivity contribution in [3.05, 3.63) is 101 Å². The quantitative estimate of drug-likeness (QED) is 0.598. The Morgan fingerprint density at radius 2 is 1.38 bits per heavy atom. The van der Waals surface area contributed by atoms with Gasteiger partial charge in [0.15, 0.2) is 0 Å². The monoisotopic (exact) mass is 311 g/mol. The second kappa shape index (κ2) is 7.80. The second-order valence-corrected chi connectivity index (χ2v) is 5.34. The van der Waals surface area contributed by atoms with E-state index in [0.29, 0.717) is 12.2 Å². The van der Waals surface area contributed by atoms with Gasteiger partial charge in [0.25, 0.3) is 0 Å². The number of hydrogen-bond acceptors (Lipinski definition) is 2. The Hall–Kier alpha value is -3.31. The van der Waals surface area contributed by atoms with E-state index in [4.69, 9.17) is 4.74 Å². The van der Waals surface area contributed by atoms with Crippen molar-refractivity contribution in [2.24, 2.45) is 0 Å². The average Bonchev–Trinajstić information content (AvgIpc) is 2.66. The van der Waals surface area contributed by atoms with Crippen LogP contribution in [0.15, 0.2) is 78.9 Å². The molecule has 0 N–H and O–H groups in total. The fourth-order valence-corrected chi connectivity index (χ4v) is 2.41. The smallest absolute Gasteiger partial charge is 0.127 e. The highest BCUT2D eigenvalue weighted by atomic mass is 16.5. The van der Waals surface area contributed by atoms with Gasteiger partial charge in [-0.2, -0.15) is 5.26 Å². The van der Waals surface area contributed by atoms with Gasteiger partial charge in [-0.1, -0.05) is 78.9 Å². The highest BCUT2D eigenvalue weighted by molar-refractivity contribution is 5.74. The van der Waals surface area contributed by atoms with E-state index in [-0.39, 0.29) is 0 Å². The van der Waals surface area contributed by atoms with Crippen molar-refractivity contribution >= 4 is 12.2 Å². The number of para-hydroxylation sites is 1. The lowest BCUT2D eigenvalue weighted by molar-refractivity contribution is 0.305. The van der Waals surface area contributed by atoms with Gasteiger partial charge < -0.3 is 4.74 Å². The van der Waals surface area contributed by atoms with Crippen molar-refractivity contribution < 1.29 is 4.74 Å². The normalized spacial score (nSPS) is 10.5. The molecule has 0 spiro atoms. The van der Waals surface area contributed by atoms with Gasteiger partial charge in [0.05, 0.1) is 11.6 Å². The van der Waals surface area contributed by atoms with Crippen LogP contribution in [-0.2, 0) is 6.61 Å². The zero-order valence-electron chi connectivity index (χ0n) is 13.2. The van der Waals surface area contributed by atoms with E-state index < -0.39 is 0 Å². The molecule has 0 saturated heterocycles. The average molecular weight is 311 g/mol. The minimum absolute atomic E-state index is 0.528. The van der Waals surface area contributed by atoms with Crippen LogP contribution in [0, 0.1) is 11.3 Å². The van der Waals surface area contributed by atoms with Crippen LogP contribution in [0.4, 0.5) is 0 Å². The largest absolute Gasteiger partial charge is 0.488 e. The van der Waals surface area contributed by atoms with Crippen LogP contribution < -0.4 is 4.74 Å². The third-order valence-electron chi connectivity index (χ3n) is 3.68. The molecule has 3 aromatic carbocycles. The number of ether oxygens (including phenoxy) is 1. The van der Waals surface area contributed by atoms with Crippen LogP contribution in [0.1, 0.15) is 22.3 Å². The van der Waals surface area contributed by atoms with Crippen LogP contribution in [0.3, 0.4) is 0 Å². The maximum Gasteiger partial charge on any atom is 0.127 e. The summed E-state index contributed by atoms with van der Waals surface area (Å²) in [5.41, 5.74) is 3.68. The van der Waals surface area contributed by atoms with Crippen molar-refractivity contribution in [1.82, 2.24) is 0 Å². The van der Waals surface area contributed by atoms with Crippen LogP contribution in [-0.4, -0.2) is 0 Å². The molecule has 24 heavy (non-hydrogen) atoms. The number of hydrogen-bond donors (Lipinski definition) is 0. The molecule has 0 amide bonds. The predicted octanol–water partition coefficient (Wildman–Crippen LogP) is 5.31. The fourth-order valence-electron chi connectivity index (χ4n) is 2.41. The third-order valence-corrected chi connectivity index (χ3v) is 3.68. The zero-order chi connectivity index (χ0) is 16.6. The maximum absolute atomic E-state index is 9.17. The lowest BCUT2D eigenvalue weighted by Gasteiger charge is -2.09. The molecule has 3 rings (SSSR count). The van der Waals surface area contributed by atoms with Gasteiger partial charge in [-0.3, -0.25) is 0 Å². The summed E-state index contributed by atoms with van der Waals surface area (Å²) < 4.78 is 5.95. The highest BCUT2D eigenvalue weighted by Gasteiger charge is 2.02. The van der Waals surface area contributed by atoms with Gasteiger partial charge in [-0.05, 0) is 23.3 Å². The molecular formula is C22H17NO. The third kappa shape index (κ3) is 3.91. The molecule has 0 atom stereocenters. The highest BCUT2D eigenvalue weighted by Crippen LogP contribution is 2.22. The number of rotatable bonds is 5. The first-order valence-electron chi connectivity index (χ1n) is 7.80. The lowest BCUT2D eigenvalue weighted by atomic mass is 10.1. The first-order chi connectivity index (χ1) is 11.9. The first kappa shape index (κ1) is 15.6. The van der Waals surface area contributed by atoms with Crippen LogP contribution in [0.25, 0.3) is 12.2 Å². The summed E-state index contributed by atoms with van der Waals surface area (Å²) >= 11 is 0. The van der Waals surface area contributed by atoms with Gasteiger partial charge in [-0.15, -0.1) is 0 Å². The van der Waals surface area contributed by atoms with E-state index in [1.165, 1.54) is 0 Å². The number of nitrogens with zero attached hydrogens (tertiary/aromatic N) is 1. The molecule has 0 radical (unpaired) electrons. The minimum Gasteiger partial charge on any atom is -0.488 e. The Morgan fingerprint density at radius 3 is 2.17 bits per heavy atom. The lowest BCUT2D eigenvalue weighted by Crippen LogP contribution is -1.96. The summed E-state index contributed by atoms with van der Waals surface area (Å²) in [6, 6.07) is 27.7. The van der Waals surface area contributed by atoms with Crippen LogP contribution in [0.2, 0.25) is 0 Å². The van der Waals surface area contributed by atoms with Crippen molar-refractivity contribution in [2.75, 3.05) is 0 Å². The summed E-state index contributed by atoms with van der Waals surface area (Å²) in [5.74, 6) is 0.826. The first-order valence-corrected chi connectivity index (χ1v) is 7.80. The predicted molar refractivity (Wildman–Crippen MR) is 97.3 cm³/mol. The summed E-state index contributed by atoms with van der Waals surface area (Å²) in [6.07, 6.45) is 3.93. The van der Waals surface area contributed by atoms with E-state index in [1.807, 2.05) is 91.0 Å². The minimum atomic E-state index is 0.528. The standard InChI is InChI=1S/C22H17NO/c23-16-21-12-5-4-10-19(21)14-15-20-11-6-7-13-22(20)24-17-18-8-2-1-3-9-18/h1-15H,17H2/b15-14+. The van der Waals surface area contributed by atoms with Gasteiger partial charge in [0, 0.05) is 5.56 Å². The summed E-state index contributed by atoms with van der Waals surface area (Å²) in [6.45, 7) is 0.528. The number of nitriles is 1. The van der Waals surface area contributed by atoms with E-state index in [0.717, 1.165) is 22.4 Å². The molecule has 0 aromatic heterocycles. The molecule has 0 aliphatic heterocycles. The molecule has 0 bridgehead atoms. The Bertz CT molecular complexity index is 876. The molecule has 116 valence electrons. The molecule has 0 fully saturated rings. The molecule has 0 unspecified atom stereocenters. The maximum atomic E-state index is 9.17. The number of benzene rings is 3. The van der Waals surface area contributed by atoms with Gasteiger partial charge in [0.2, 0.25) is 0 Å². The van der Waals surface area contributed by atoms with Gasteiger partial charge >= 0.3 is 0 Å². The van der Waals surface area contributed by atoms with E-state index in [1.54, 1.807) is 0 Å². The molecule has 3 aromatic rings. The van der Waals surface area contributed by atoms with E-state index in [9.17, 15) is 5.26 Å². The molecule has 0 aliphatic rings. The summed E-state index contributed by atoms with van der Waals surface area (Å²) in [4.78, 5) is 0. The summed E-state index contributed by atoms with van der Waals surface area (Å²) in [7, 11) is 0. The Balaban J connectivity index is 1.79. The van der Waals surface area contributed by atoms with E-state index >= 15 is 0 Å². The van der Waals surface area contributed by atoms with Gasteiger partial charge in [-0.25, -0.2) is 0 Å². The molecule has 0 saturated carbocycles. The SMILES string of the molecule is N#Cc1ccccc1/C=C/c1ccccc1OCc1ccccc1. The Kier molecular flexibility index (Phi) is 5.07. The van der Waals surface area contributed by atoms with E-state index in [2.05, 4.69) is 6.07 Å². The Labute approximate surface area is 142 Å². The molecule has 0 aliphatic carbocycles. The molecule has 0 heterocycles. The van der Waals surface area contributed by atoms with Crippen molar-refractivity contribution in [2.45, 2.75) is 6.61 Å². The van der Waals surface area contributed by atoms with Crippen molar-refractivity contribution in [3.8, 4) is 11.8 Å². The van der Waals surface area contributed by atoms with Crippen LogP contribution >= 0.6 is 0 Å². The molecule has 2 nitrogen and oxygen atoms in total. The van der Waals surface area contributed by atoms with Crippen molar-refractivity contribution in [3.63, 3.8) is 0 Å². The molecular weight excluding hydrogens is 294 g/mol. The fraction of sp³-hybridized carbons (Fsp3) is 0.0455. The Morgan fingerprint density at radius 1 is 0.750 bits per heavy atom. The second-order valence-electron chi connectivity index (χ2n) is 5.34. The van der Waals surface area contributed by atoms with Crippen molar-refractivity contribution in [1.29, 1.82) is 5.26 Å².